The highest BCUT2D eigenvalue weighted by Gasteiger charge is 2.58. The first-order chi connectivity index (χ1) is 13.4. The van der Waals surface area contributed by atoms with E-state index in [4.69, 9.17) is 0 Å². The van der Waals surface area contributed by atoms with Crippen molar-refractivity contribution in [2.45, 2.75) is 44.2 Å². The van der Waals surface area contributed by atoms with E-state index >= 15 is 0 Å². The number of hydrogen-bond acceptors (Lipinski definition) is 4. The minimum absolute atomic E-state index is 0.0663. The number of piperidine rings is 1. The summed E-state index contributed by atoms with van der Waals surface area (Å²) in [6, 6.07) is 14.0. The summed E-state index contributed by atoms with van der Waals surface area (Å²) in [7, 11) is -3.48. The minimum atomic E-state index is -3.48. The molecule has 1 atom stereocenters. The fraction of sp³-hybridized carbons (Fsp3) is 0.500. The van der Waals surface area contributed by atoms with Crippen molar-refractivity contribution in [3.63, 3.8) is 0 Å². The number of hydrogen-bond donors (Lipinski definition) is 0. The van der Waals surface area contributed by atoms with Crippen molar-refractivity contribution in [1.82, 2.24) is 14.2 Å². The van der Waals surface area contributed by atoms with E-state index in [1.807, 2.05) is 6.07 Å². The zero-order valence-electron chi connectivity index (χ0n) is 16.7. The van der Waals surface area contributed by atoms with Gasteiger partial charge < -0.3 is 0 Å². The molecule has 6 heteroatoms. The van der Waals surface area contributed by atoms with Crippen LogP contribution in [0.5, 0.6) is 0 Å². The molecule has 2 aromatic rings. The molecule has 0 saturated carbocycles. The normalized spacial score (nSPS) is 23.0. The maximum absolute atomic E-state index is 13.1. The van der Waals surface area contributed by atoms with Crippen molar-refractivity contribution < 1.29 is 8.42 Å². The summed E-state index contributed by atoms with van der Waals surface area (Å²) in [6.07, 6.45) is 5.18. The Bertz CT molecular complexity index is 892. The Labute approximate surface area is 168 Å². The summed E-state index contributed by atoms with van der Waals surface area (Å²) in [5.41, 5.74) is 1.45. The van der Waals surface area contributed by atoms with Gasteiger partial charge in [-0.1, -0.05) is 44.2 Å². The summed E-state index contributed by atoms with van der Waals surface area (Å²) in [5.74, 6) is 0.292. The predicted molar refractivity (Wildman–Crippen MR) is 110 cm³/mol. The molecular weight excluding hydrogens is 370 g/mol. The molecule has 2 fully saturated rings. The van der Waals surface area contributed by atoms with Crippen LogP contribution in [-0.4, -0.2) is 48.3 Å². The molecule has 2 aliphatic heterocycles. The maximum Gasteiger partial charge on any atom is 0.244 e. The van der Waals surface area contributed by atoms with Crippen LogP contribution in [0.25, 0.3) is 0 Å². The first-order valence-corrected chi connectivity index (χ1v) is 11.5. The number of benzene rings is 1. The van der Waals surface area contributed by atoms with Crippen LogP contribution >= 0.6 is 0 Å². The fourth-order valence-corrected chi connectivity index (χ4v) is 6.96. The van der Waals surface area contributed by atoms with Crippen molar-refractivity contribution in [3.8, 4) is 0 Å². The minimum Gasteiger partial charge on any atom is -0.299 e. The Balaban J connectivity index is 1.46. The summed E-state index contributed by atoms with van der Waals surface area (Å²) in [4.78, 5) is 6.80. The molecule has 1 aromatic heterocycles. The summed E-state index contributed by atoms with van der Waals surface area (Å²) in [6.45, 7) is 7.95. The van der Waals surface area contributed by atoms with Crippen LogP contribution in [0.3, 0.4) is 0 Å². The van der Waals surface area contributed by atoms with Crippen LogP contribution in [0, 0.1) is 11.3 Å². The standard InChI is InChI=1S/C22H29N3O2S/c1-18(2)21-22(17-25(21)28(26,27)20-9-6-12-23-15-20)10-13-24(14-11-22)16-19-7-4-3-5-8-19/h3-9,12,15,18,21H,10-11,13-14,16-17H2,1-2H3. The SMILES string of the molecule is CC(C)C1N(S(=O)(=O)c2cccnc2)CC12CCN(Cc1ccccc1)CC2. The highest BCUT2D eigenvalue weighted by molar-refractivity contribution is 7.89. The zero-order valence-corrected chi connectivity index (χ0v) is 17.5. The Morgan fingerprint density at radius 2 is 1.82 bits per heavy atom. The number of aromatic nitrogens is 1. The summed E-state index contributed by atoms with van der Waals surface area (Å²) in [5, 5.41) is 0. The lowest BCUT2D eigenvalue weighted by atomic mass is 9.63. The zero-order chi connectivity index (χ0) is 19.8. The molecule has 28 heavy (non-hydrogen) atoms. The molecule has 1 aromatic carbocycles. The molecule has 4 rings (SSSR count). The molecule has 0 bridgehead atoms. The first-order valence-electron chi connectivity index (χ1n) is 10.1. The largest absolute Gasteiger partial charge is 0.299 e. The molecule has 150 valence electrons. The van der Waals surface area contributed by atoms with Crippen LogP contribution in [0.2, 0.25) is 0 Å². The highest BCUT2D eigenvalue weighted by Crippen LogP contribution is 2.51. The predicted octanol–water partition coefficient (Wildman–Crippen LogP) is 3.39. The van der Waals surface area contributed by atoms with E-state index in [0.717, 1.165) is 32.5 Å². The van der Waals surface area contributed by atoms with Crippen molar-refractivity contribution in [2.24, 2.45) is 11.3 Å². The van der Waals surface area contributed by atoms with E-state index in [0.29, 0.717) is 17.4 Å². The van der Waals surface area contributed by atoms with Gasteiger partial charge in [0.1, 0.15) is 4.90 Å². The summed E-state index contributed by atoms with van der Waals surface area (Å²) < 4.78 is 28.0. The molecule has 0 amide bonds. The Morgan fingerprint density at radius 1 is 1.11 bits per heavy atom. The molecule has 1 spiro atoms. The van der Waals surface area contributed by atoms with Gasteiger partial charge in [0.2, 0.25) is 10.0 Å². The van der Waals surface area contributed by atoms with Gasteiger partial charge in [0.25, 0.3) is 0 Å². The van der Waals surface area contributed by atoms with Crippen LogP contribution < -0.4 is 0 Å². The van der Waals surface area contributed by atoms with Gasteiger partial charge >= 0.3 is 0 Å². The molecule has 0 radical (unpaired) electrons. The van der Waals surface area contributed by atoms with Crippen LogP contribution in [-0.2, 0) is 16.6 Å². The molecule has 2 aliphatic rings. The molecule has 0 N–H and O–H groups in total. The van der Waals surface area contributed by atoms with Gasteiger partial charge in [-0.25, -0.2) is 8.42 Å². The summed E-state index contributed by atoms with van der Waals surface area (Å²) >= 11 is 0. The van der Waals surface area contributed by atoms with Crippen LogP contribution in [0.1, 0.15) is 32.3 Å². The topological polar surface area (TPSA) is 53.5 Å². The Morgan fingerprint density at radius 3 is 2.43 bits per heavy atom. The second-order valence-electron chi connectivity index (χ2n) is 8.55. The van der Waals surface area contributed by atoms with Gasteiger partial charge in [0.05, 0.1) is 0 Å². The average Bonchev–Trinajstić information content (AvgIpc) is 2.68. The van der Waals surface area contributed by atoms with E-state index < -0.39 is 10.0 Å². The lowest BCUT2D eigenvalue weighted by Crippen LogP contribution is -2.70. The number of sulfonamides is 1. The number of likely N-dealkylation sites (tertiary alicyclic amines) is 1. The van der Waals surface area contributed by atoms with Crippen LogP contribution in [0.15, 0.2) is 59.8 Å². The third-order valence-corrected chi connectivity index (χ3v) is 8.19. The van der Waals surface area contributed by atoms with Crippen molar-refractivity contribution >= 4 is 10.0 Å². The van der Waals surface area contributed by atoms with Gasteiger partial charge in [0, 0.05) is 36.9 Å². The Kier molecular flexibility index (Phi) is 5.29. The van der Waals surface area contributed by atoms with E-state index in [1.165, 1.54) is 11.8 Å². The van der Waals surface area contributed by atoms with E-state index in [2.05, 4.69) is 48.0 Å². The molecule has 3 heterocycles. The van der Waals surface area contributed by atoms with Crippen molar-refractivity contribution in [1.29, 1.82) is 0 Å². The molecule has 5 nitrogen and oxygen atoms in total. The average molecular weight is 400 g/mol. The first kappa shape index (κ1) is 19.6. The molecular formula is C22H29N3O2S. The molecule has 1 unspecified atom stereocenters. The molecule has 2 saturated heterocycles. The van der Waals surface area contributed by atoms with Gasteiger partial charge in [-0.3, -0.25) is 9.88 Å². The van der Waals surface area contributed by atoms with E-state index in [-0.39, 0.29) is 11.5 Å². The third-order valence-electron chi connectivity index (χ3n) is 6.38. The third kappa shape index (κ3) is 3.49. The smallest absolute Gasteiger partial charge is 0.244 e. The fourth-order valence-electron chi connectivity index (χ4n) is 5.06. The van der Waals surface area contributed by atoms with Crippen molar-refractivity contribution in [2.75, 3.05) is 19.6 Å². The monoisotopic (exact) mass is 399 g/mol. The second kappa shape index (κ2) is 7.58. The van der Waals surface area contributed by atoms with E-state index in [1.54, 1.807) is 22.6 Å². The van der Waals surface area contributed by atoms with Gasteiger partial charge in [-0.2, -0.15) is 4.31 Å². The van der Waals surface area contributed by atoms with Crippen LogP contribution in [0.4, 0.5) is 0 Å². The lowest BCUT2D eigenvalue weighted by Gasteiger charge is -2.61. The second-order valence-corrected chi connectivity index (χ2v) is 10.4. The van der Waals surface area contributed by atoms with Gasteiger partial charge in [0.15, 0.2) is 0 Å². The quantitative estimate of drug-likeness (QED) is 0.773. The van der Waals surface area contributed by atoms with Gasteiger partial charge in [-0.15, -0.1) is 0 Å². The van der Waals surface area contributed by atoms with Crippen molar-refractivity contribution in [3.05, 3.63) is 60.4 Å². The van der Waals surface area contributed by atoms with E-state index in [9.17, 15) is 8.42 Å². The Hall–Kier alpha value is -1.76. The number of rotatable bonds is 5. The molecule has 0 aliphatic carbocycles. The maximum atomic E-state index is 13.1. The van der Waals surface area contributed by atoms with Gasteiger partial charge in [-0.05, 0) is 49.5 Å². The number of nitrogens with zero attached hydrogens (tertiary/aromatic N) is 3. The highest BCUT2D eigenvalue weighted by atomic mass is 32.2. The number of pyridine rings is 1. The lowest BCUT2D eigenvalue weighted by molar-refractivity contribution is -0.0814.